The molecule has 4 heterocycles. The number of piperazine rings is 1. The van der Waals surface area contributed by atoms with Crippen LogP contribution in [-0.2, 0) is 17.9 Å². The van der Waals surface area contributed by atoms with Gasteiger partial charge in [-0.25, -0.2) is 9.97 Å². The van der Waals surface area contributed by atoms with Crippen molar-refractivity contribution in [2.75, 3.05) is 38.2 Å². The van der Waals surface area contributed by atoms with Gasteiger partial charge in [-0.05, 0) is 23.3 Å². The number of fused-ring (bicyclic) bond motifs is 1. The Bertz CT molecular complexity index is 1140. The Morgan fingerprint density at radius 2 is 1.74 bits per heavy atom. The maximum absolute atomic E-state index is 5.34. The first kappa shape index (κ1) is 20.1. The van der Waals surface area contributed by atoms with Crippen LogP contribution in [0.5, 0.6) is 0 Å². The highest BCUT2D eigenvalue weighted by Gasteiger charge is 2.23. The summed E-state index contributed by atoms with van der Waals surface area (Å²) in [6.45, 7) is 5.25. The highest BCUT2D eigenvalue weighted by molar-refractivity contribution is 7.17. The lowest BCUT2D eigenvalue weighted by Crippen LogP contribution is -2.46. The first-order chi connectivity index (χ1) is 15.3. The topological polar surface area (TPSA) is 54.4 Å². The summed E-state index contributed by atoms with van der Waals surface area (Å²) >= 11 is 1.68. The molecule has 6 nitrogen and oxygen atoms in total. The smallest absolute Gasteiger partial charge is 0.158 e. The minimum Gasteiger partial charge on any atom is -0.377 e. The van der Waals surface area contributed by atoms with E-state index in [1.54, 1.807) is 18.4 Å². The molecular weight excluding hydrogens is 406 g/mol. The Kier molecular flexibility index (Phi) is 5.88. The van der Waals surface area contributed by atoms with Gasteiger partial charge in [0.05, 0.1) is 5.39 Å². The van der Waals surface area contributed by atoms with Crippen LogP contribution < -0.4 is 4.90 Å². The zero-order chi connectivity index (χ0) is 21.0. The van der Waals surface area contributed by atoms with Crippen LogP contribution in [0.2, 0.25) is 0 Å². The number of ether oxygens (including phenoxy) is 1. The van der Waals surface area contributed by atoms with Gasteiger partial charge in [0, 0.05) is 63.2 Å². The van der Waals surface area contributed by atoms with Crippen LogP contribution in [0.25, 0.3) is 21.3 Å². The fraction of sp³-hybridized carbons (Fsp3) is 0.292. The molecule has 0 bridgehead atoms. The largest absolute Gasteiger partial charge is 0.377 e. The average Bonchev–Trinajstić information content (AvgIpc) is 3.25. The first-order valence-corrected chi connectivity index (χ1v) is 11.4. The molecule has 158 valence electrons. The molecule has 1 aromatic carbocycles. The number of benzene rings is 1. The Morgan fingerprint density at radius 3 is 2.48 bits per heavy atom. The molecule has 0 spiro atoms. The second-order valence-corrected chi connectivity index (χ2v) is 8.57. The van der Waals surface area contributed by atoms with Crippen LogP contribution in [0.3, 0.4) is 0 Å². The third kappa shape index (κ3) is 4.30. The van der Waals surface area contributed by atoms with E-state index in [-0.39, 0.29) is 0 Å². The van der Waals surface area contributed by atoms with Gasteiger partial charge in [0.1, 0.15) is 17.3 Å². The second-order valence-electron chi connectivity index (χ2n) is 7.71. The maximum Gasteiger partial charge on any atom is 0.158 e. The van der Waals surface area contributed by atoms with Crippen LogP contribution in [0, 0.1) is 0 Å². The minimum atomic E-state index is 0.420. The lowest BCUT2D eigenvalue weighted by molar-refractivity contribution is 0.178. The van der Waals surface area contributed by atoms with E-state index < -0.39 is 0 Å². The van der Waals surface area contributed by atoms with Crippen molar-refractivity contribution in [1.82, 2.24) is 19.9 Å². The van der Waals surface area contributed by atoms with Gasteiger partial charge < -0.3 is 9.64 Å². The van der Waals surface area contributed by atoms with Crippen molar-refractivity contribution in [2.24, 2.45) is 0 Å². The van der Waals surface area contributed by atoms with Crippen LogP contribution in [0.4, 0.5) is 5.82 Å². The standard InChI is InChI=1S/C24H25N5OS/c1-30-16-21-26-23(22-20(17-31-24(22)27-21)19-5-3-2-4-6-19)29-13-11-28(12-14-29)15-18-7-9-25-10-8-18/h2-10,17H,11-16H2,1H3. The number of hydrogen-bond donors (Lipinski definition) is 0. The van der Waals surface area contributed by atoms with Crippen molar-refractivity contribution in [3.63, 3.8) is 0 Å². The maximum atomic E-state index is 5.34. The van der Waals surface area contributed by atoms with Crippen molar-refractivity contribution >= 4 is 27.4 Å². The number of nitrogens with zero attached hydrogens (tertiary/aromatic N) is 5. The van der Waals surface area contributed by atoms with E-state index in [9.17, 15) is 0 Å². The number of methoxy groups -OCH3 is 1. The van der Waals surface area contributed by atoms with Crippen molar-refractivity contribution in [2.45, 2.75) is 13.2 Å². The van der Waals surface area contributed by atoms with Crippen LogP contribution in [-0.4, -0.2) is 53.1 Å². The van der Waals surface area contributed by atoms with Gasteiger partial charge in [-0.2, -0.15) is 0 Å². The van der Waals surface area contributed by atoms with Crippen LogP contribution in [0.15, 0.2) is 60.2 Å². The van der Waals surface area contributed by atoms with E-state index in [4.69, 9.17) is 14.7 Å². The molecule has 1 fully saturated rings. The summed E-state index contributed by atoms with van der Waals surface area (Å²) in [6.07, 6.45) is 3.73. The van der Waals surface area contributed by atoms with Gasteiger partial charge in [0.15, 0.2) is 5.82 Å². The molecule has 4 aromatic rings. The molecule has 0 unspecified atom stereocenters. The monoisotopic (exact) mass is 431 g/mol. The Hall–Kier alpha value is -2.87. The van der Waals surface area contributed by atoms with Crippen molar-refractivity contribution in [3.05, 3.63) is 71.6 Å². The van der Waals surface area contributed by atoms with Crippen LogP contribution >= 0.6 is 11.3 Å². The zero-order valence-electron chi connectivity index (χ0n) is 17.6. The Morgan fingerprint density at radius 1 is 0.968 bits per heavy atom. The summed E-state index contributed by atoms with van der Waals surface area (Å²) in [6, 6.07) is 14.7. The fourth-order valence-corrected chi connectivity index (χ4v) is 5.04. The molecule has 0 N–H and O–H groups in total. The zero-order valence-corrected chi connectivity index (χ0v) is 18.4. The molecule has 0 saturated carbocycles. The van der Waals surface area contributed by atoms with Gasteiger partial charge in [-0.15, -0.1) is 11.3 Å². The minimum absolute atomic E-state index is 0.420. The van der Waals surface area contributed by atoms with Crippen molar-refractivity contribution < 1.29 is 4.74 Å². The summed E-state index contributed by atoms with van der Waals surface area (Å²) in [5.74, 6) is 1.77. The van der Waals surface area contributed by atoms with E-state index in [0.717, 1.165) is 54.6 Å². The molecular formula is C24H25N5OS. The predicted octanol–water partition coefficient (Wildman–Crippen LogP) is 4.22. The Labute approximate surface area is 186 Å². The fourth-order valence-electron chi connectivity index (χ4n) is 4.08. The van der Waals surface area contributed by atoms with Gasteiger partial charge in [-0.1, -0.05) is 30.3 Å². The second kappa shape index (κ2) is 9.09. The van der Waals surface area contributed by atoms with Crippen molar-refractivity contribution in [1.29, 1.82) is 0 Å². The van der Waals surface area contributed by atoms with Gasteiger partial charge >= 0.3 is 0 Å². The van der Waals surface area contributed by atoms with Gasteiger partial charge in [-0.3, -0.25) is 9.88 Å². The number of thiophene rings is 1. The van der Waals surface area contributed by atoms with Crippen molar-refractivity contribution in [3.8, 4) is 11.1 Å². The molecule has 0 radical (unpaired) electrons. The SMILES string of the molecule is COCc1nc(N2CCN(Cc3ccncc3)CC2)c2c(-c3ccccc3)csc2n1. The molecule has 7 heteroatoms. The average molecular weight is 432 g/mol. The summed E-state index contributed by atoms with van der Waals surface area (Å²) in [4.78, 5) is 19.8. The quantitative estimate of drug-likeness (QED) is 0.456. The number of rotatable bonds is 6. The molecule has 31 heavy (non-hydrogen) atoms. The molecule has 5 rings (SSSR count). The molecule has 0 aliphatic carbocycles. The molecule has 1 aliphatic heterocycles. The lowest BCUT2D eigenvalue weighted by atomic mass is 10.1. The summed E-state index contributed by atoms with van der Waals surface area (Å²) in [5.41, 5.74) is 3.72. The normalized spacial score (nSPS) is 14.9. The highest BCUT2D eigenvalue weighted by atomic mass is 32.1. The van der Waals surface area contributed by atoms with Gasteiger partial charge in [0.25, 0.3) is 0 Å². The van der Waals surface area contributed by atoms with E-state index in [0.29, 0.717) is 6.61 Å². The number of anilines is 1. The number of hydrogen-bond acceptors (Lipinski definition) is 7. The molecule has 0 atom stereocenters. The summed E-state index contributed by atoms with van der Waals surface area (Å²) in [5, 5.41) is 3.35. The van der Waals surface area contributed by atoms with Gasteiger partial charge in [0.2, 0.25) is 0 Å². The molecule has 1 saturated heterocycles. The van der Waals surface area contributed by atoms with E-state index in [1.807, 2.05) is 18.5 Å². The van der Waals surface area contributed by atoms with E-state index in [2.05, 4.69) is 56.6 Å². The summed E-state index contributed by atoms with van der Waals surface area (Å²) in [7, 11) is 1.69. The molecule has 1 aliphatic rings. The van der Waals surface area contributed by atoms with Crippen LogP contribution in [0.1, 0.15) is 11.4 Å². The summed E-state index contributed by atoms with van der Waals surface area (Å²) < 4.78 is 5.34. The third-order valence-corrected chi connectivity index (χ3v) is 6.52. The van der Waals surface area contributed by atoms with E-state index >= 15 is 0 Å². The Balaban J connectivity index is 1.45. The predicted molar refractivity (Wildman–Crippen MR) is 125 cm³/mol. The highest BCUT2D eigenvalue weighted by Crippen LogP contribution is 2.38. The molecule has 3 aromatic heterocycles. The molecule has 0 amide bonds. The first-order valence-electron chi connectivity index (χ1n) is 10.5. The third-order valence-electron chi connectivity index (χ3n) is 5.65. The number of pyridine rings is 1. The van der Waals surface area contributed by atoms with E-state index in [1.165, 1.54) is 16.7 Å². The number of aromatic nitrogens is 3. The lowest BCUT2D eigenvalue weighted by Gasteiger charge is -2.36.